The van der Waals surface area contributed by atoms with Crippen LogP contribution in [-0.4, -0.2) is 36.3 Å². The zero-order valence-electron chi connectivity index (χ0n) is 10.5. The topological polar surface area (TPSA) is 49.4 Å². The van der Waals surface area contributed by atoms with Crippen molar-refractivity contribution in [2.45, 2.75) is 12.8 Å². The Morgan fingerprint density at radius 3 is 2.68 bits per heavy atom. The number of fused-ring (bicyclic) bond motifs is 1. The van der Waals surface area contributed by atoms with Crippen molar-refractivity contribution in [2.24, 2.45) is 5.92 Å². The molecule has 1 heterocycles. The Kier molecular flexibility index (Phi) is 3.41. The molecule has 0 aromatic heterocycles. The van der Waals surface area contributed by atoms with Gasteiger partial charge in [0.25, 0.3) is 11.8 Å². The van der Waals surface area contributed by atoms with Crippen molar-refractivity contribution in [3.8, 4) is 0 Å². The highest BCUT2D eigenvalue weighted by Gasteiger charge is 2.35. The Bertz CT molecular complexity index is 540. The molecule has 1 aromatic rings. The number of carbonyl (C=O) groups is 2. The van der Waals surface area contributed by atoms with E-state index in [1.165, 1.54) is 17.7 Å². The number of carbonyl (C=O) groups excluding carboxylic acids is 2. The van der Waals surface area contributed by atoms with Crippen molar-refractivity contribution < 1.29 is 9.59 Å². The van der Waals surface area contributed by atoms with Gasteiger partial charge in [-0.3, -0.25) is 14.5 Å². The predicted molar refractivity (Wildman–Crippen MR) is 75.1 cm³/mol. The number of halogens is 1. The average molecular weight is 323 g/mol. The summed E-state index contributed by atoms with van der Waals surface area (Å²) in [5.41, 5.74) is 1.01. The van der Waals surface area contributed by atoms with Gasteiger partial charge in [-0.2, -0.15) is 0 Å². The second-order valence-corrected chi connectivity index (χ2v) is 6.02. The first kappa shape index (κ1) is 12.8. The zero-order valence-corrected chi connectivity index (χ0v) is 12.1. The van der Waals surface area contributed by atoms with Crippen molar-refractivity contribution >= 4 is 27.7 Å². The molecule has 1 aliphatic carbocycles. The maximum absolute atomic E-state index is 12.2. The summed E-state index contributed by atoms with van der Waals surface area (Å²) >= 11 is 3.32. The fraction of sp³-hybridized carbons (Fsp3) is 0.429. The first-order valence-corrected chi connectivity index (χ1v) is 7.32. The lowest BCUT2D eigenvalue weighted by molar-refractivity contribution is 0.0655. The fourth-order valence-corrected chi connectivity index (χ4v) is 2.65. The first-order valence-electron chi connectivity index (χ1n) is 6.53. The SMILES string of the molecule is O=C1c2ccc(Br)cc2C(=O)N1CCNCC1CC1. The van der Waals surface area contributed by atoms with E-state index in [0.717, 1.165) is 16.9 Å². The highest BCUT2D eigenvalue weighted by molar-refractivity contribution is 9.10. The smallest absolute Gasteiger partial charge is 0.261 e. The van der Waals surface area contributed by atoms with E-state index in [1.54, 1.807) is 18.2 Å². The molecular formula is C14H15BrN2O2. The maximum Gasteiger partial charge on any atom is 0.261 e. The van der Waals surface area contributed by atoms with Crippen LogP contribution in [0.2, 0.25) is 0 Å². The van der Waals surface area contributed by atoms with Crippen LogP contribution >= 0.6 is 15.9 Å². The monoisotopic (exact) mass is 322 g/mol. The number of rotatable bonds is 5. The molecule has 0 saturated heterocycles. The number of hydrogen-bond acceptors (Lipinski definition) is 3. The van der Waals surface area contributed by atoms with E-state index < -0.39 is 0 Å². The zero-order chi connectivity index (χ0) is 13.4. The lowest BCUT2D eigenvalue weighted by Gasteiger charge is -2.13. The molecule has 3 rings (SSSR count). The van der Waals surface area contributed by atoms with Gasteiger partial charge in [0.2, 0.25) is 0 Å². The molecule has 0 atom stereocenters. The molecule has 4 nitrogen and oxygen atoms in total. The largest absolute Gasteiger partial charge is 0.315 e. The van der Waals surface area contributed by atoms with E-state index in [4.69, 9.17) is 0 Å². The second-order valence-electron chi connectivity index (χ2n) is 5.10. The van der Waals surface area contributed by atoms with E-state index in [1.807, 2.05) is 0 Å². The highest BCUT2D eigenvalue weighted by atomic mass is 79.9. The average Bonchev–Trinajstić information content (AvgIpc) is 3.18. The van der Waals surface area contributed by atoms with Crippen LogP contribution in [0.15, 0.2) is 22.7 Å². The molecule has 0 bridgehead atoms. The number of imide groups is 1. The molecule has 19 heavy (non-hydrogen) atoms. The Morgan fingerprint density at radius 1 is 1.21 bits per heavy atom. The van der Waals surface area contributed by atoms with Crippen LogP contribution in [0.5, 0.6) is 0 Å². The molecule has 5 heteroatoms. The van der Waals surface area contributed by atoms with Crippen LogP contribution in [0.25, 0.3) is 0 Å². The van der Waals surface area contributed by atoms with Gasteiger partial charge in [-0.1, -0.05) is 15.9 Å². The number of amides is 2. The minimum absolute atomic E-state index is 0.180. The Hall–Kier alpha value is -1.20. The third kappa shape index (κ3) is 2.58. The van der Waals surface area contributed by atoms with Crippen molar-refractivity contribution in [1.82, 2.24) is 10.2 Å². The Labute approximate surface area is 120 Å². The molecule has 1 saturated carbocycles. The molecule has 1 aromatic carbocycles. The predicted octanol–water partition coefficient (Wildman–Crippen LogP) is 2.04. The van der Waals surface area contributed by atoms with Crippen LogP contribution in [0.1, 0.15) is 33.6 Å². The Balaban J connectivity index is 1.64. The van der Waals surface area contributed by atoms with Gasteiger partial charge in [0.15, 0.2) is 0 Å². The minimum Gasteiger partial charge on any atom is -0.315 e. The first-order chi connectivity index (χ1) is 9.16. The Morgan fingerprint density at radius 2 is 1.95 bits per heavy atom. The summed E-state index contributed by atoms with van der Waals surface area (Å²) in [6.07, 6.45) is 2.60. The summed E-state index contributed by atoms with van der Waals surface area (Å²) in [7, 11) is 0. The van der Waals surface area contributed by atoms with Gasteiger partial charge in [-0.25, -0.2) is 0 Å². The van der Waals surface area contributed by atoms with E-state index in [9.17, 15) is 9.59 Å². The molecule has 1 fully saturated rings. The van der Waals surface area contributed by atoms with Crippen LogP contribution in [0.3, 0.4) is 0 Å². The van der Waals surface area contributed by atoms with Crippen molar-refractivity contribution in [1.29, 1.82) is 0 Å². The van der Waals surface area contributed by atoms with Crippen LogP contribution in [0.4, 0.5) is 0 Å². The maximum atomic E-state index is 12.2. The molecule has 2 aliphatic rings. The number of benzene rings is 1. The van der Waals surface area contributed by atoms with E-state index in [0.29, 0.717) is 24.2 Å². The van der Waals surface area contributed by atoms with Gasteiger partial charge in [0.05, 0.1) is 11.1 Å². The number of nitrogens with zero attached hydrogens (tertiary/aromatic N) is 1. The van der Waals surface area contributed by atoms with Gasteiger partial charge < -0.3 is 5.32 Å². The van der Waals surface area contributed by atoms with Gasteiger partial charge >= 0.3 is 0 Å². The van der Waals surface area contributed by atoms with E-state index in [2.05, 4.69) is 21.2 Å². The molecule has 1 aliphatic heterocycles. The summed E-state index contributed by atoms with van der Waals surface area (Å²) in [5, 5.41) is 3.30. The molecule has 100 valence electrons. The molecule has 0 spiro atoms. The van der Waals surface area contributed by atoms with Gasteiger partial charge in [-0.15, -0.1) is 0 Å². The lowest BCUT2D eigenvalue weighted by Crippen LogP contribution is -2.36. The second kappa shape index (κ2) is 5.06. The third-order valence-electron chi connectivity index (χ3n) is 3.57. The summed E-state index contributed by atoms with van der Waals surface area (Å²) in [5.74, 6) is 0.438. The lowest BCUT2D eigenvalue weighted by atomic mass is 10.1. The highest BCUT2D eigenvalue weighted by Crippen LogP contribution is 2.28. The minimum atomic E-state index is -0.186. The van der Waals surface area contributed by atoms with Crippen molar-refractivity contribution in [3.63, 3.8) is 0 Å². The molecule has 0 unspecified atom stereocenters. The van der Waals surface area contributed by atoms with E-state index in [-0.39, 0.29) is 11.8 Å². The summed E-state index contributed by atoms with van der Waals surface area (Å²) < 4.78 is 0.820. The van der Waals surface area contributed by atoms with Crippen LogP contribution in [0, 0.1) is 5.92 Å². The van der Waals surface area contributed by atoms with Crippen molar-refractivity contribution in [3.05, 3.63) is 33.8 Å². The molecular weight excluding hydrogens is 308 g/mol. The molecule has 2 amide bonds. The molecule has 1 N–H and O–H groups in total. The van der Waals surface area contributed by atoms with Gasteiger partial charge in [0, 0.05) is 17.6 Å². The summed E-state index contributed by atoms with van der Waals surface area (Å²) in [6.45, 7) is 2.11. The van der Waals surface area contributed by atoms with Gasteiger partial charge in [-0.05, 0) is 43.5 Å². The summed E-state index contributed by atoms with van der Waals surface area (Å²) in [4.78, 5) is 25.6. The van der Waals surface area contributed by atoms with Gasteiger partial charge in [0.1, 0.15) is 0 Å². The quantitative estimate of drug-likeness (QED) is 0.666. The standard InChI is InChI=1S/C14H15BrN2O2/c15-10-3-4-11-12(7-10)14(19)17(13(11)18)6-5-16-8-9-1-2-9/h3-4,7,9,16H,1-2,5-6,8H2. The third-order valence-corrected chi connectivity index (χ3v) is 4.07. The van der Waals surface area contributed by atoms with E-state index >= 15 is 0 Å². The van der Waals surface area contributed by atoms with Crippen LogP contribution in [-0.2, 0) is 0 Å². The fourth-order valence-electron chi connectivity index (χ4n) is 2.29. The number of hydrogen-bond donors (Lipinski definition) is 1. The molecule has 0 radical (unpaired) electrons. The normalized spacial score (nSPS) is 18.1. The van der Waals surface area contributed by atoms with Crippen molar-refractivity contribution in [2.75, 3.05) is 19.6 Å². The summed E-state index contributed by atoms with van der Waals surface area (Å²) in [6, 6.07) is 5.21. The number of nitrogens with one attached hydrogen (secondary N) is 1. The van der Waals surface area contributed by atoms with Crippen LogP contribution < -0.4 is 5.32 Å².